The maximum atomic E-state index is 5.32. The number of hydrogen-bond donors (Lipinski definition) is 0. The van der Waals surface area contributed by atoms with E-state index in [1.165, 1.54) is 25.7 Å². The Bertz CT molecular complexity index is 106. The number of alkyl halides is 1. The SMILES string of the molecule is CCOCCC1CCCC1Br. The lowest BCUT2D eigenvalue weighted by molar-refractivity contribution is 0.133. The summed E-state index contributed by atoms with van der Waals surface area (Å²) >= 11 is 3.70. The summed E-state index contributed by atoms with van der Waals surface area (Å²) in [6.45, 7) is 3.86. The molecule has 1 aliphatic rings. The zero-order valence-corrected chi connectivity index (χ0v) is 8.77. The van der Waals surface area contributed by atoms with Gasteiger partial charge in [-0.05, 0) is 32.1 Å². The molecule has 0 heterocycles. The highest BCUT2D eigenvalue weighted by Gasteiger charge is 2.23. The molecule has 1 aliphatic carbocycles. The molecule has 0 saturated heterocycles. The van der Waals surface area contributed by atoms with Crippen molar-refractivity contribution in [1.29, 1.82) is 0 Å². The van der Waals surface area contributed by atoms with Gasteiger partial charge in [0.1, 0.15) is 0 Å². The van der Waals surface area contributed by atoms with Crippen LogP contribution in [0.5, 0.6) is 0 Å². The summed E-state index contributed by atoms with van der Waals surface area (Å²) in [6.07, 6.45) is 5.39. The second-order valence-corrected chi connectivity index (χ2v) is 4.37. The largest absolute Gasteiger partial charge is 0.382 e. The molecule has 0 N–H and O–H groups in total. The molecule has 0 spiro atoms. The van der Waals surface area contributed by atoms with Crippen LogP contribution < -0.4 is 0 Å². The summed E-state index contributed by atoms with van der Waals surface area (Å²) < 4.78 is 5.32. The van der Waals surface area contributed by atoms with Crippen LogP contribution in [0, 0.1) is 5.92 Å². The topological polar surface area (TPSA) is 9.23 Å². The van der Waals surface area contributed by atoms with Crippen LogP contribution in [0.15, 0.2) is 0 Å². The van der Waals surface area contributed by atoms with Crippen LogP contribution in [0.1, 0.15) is 32.6 Å². The quantitative estimate of drug-likeness (QED) is 0.523. The van der Waals surface area contributed by atoms with Crippen molar-refractivity contribution >= 4 is 15.9 Å². The molecule has 0 radical (unpaired) electrons. The van der Waals surface area contributed by atoms with Gasteiger partial charge in [0.25, 0.3) is 0 Å². The first-order chi connectivity index (χ1) is 5.34. The second kappa shape index (κ2) is 5.15. The Morgan fingerprint density at radius 1 is 1.45 bits per heavy atom. The maximum Gasteiger partial charge on any atom is 0.0468 e. The van der Waals surface area contributed by atoms with Crippen molar-refractivity contribution < 1.29 is 4.74 Å². The lowest BCUT2D eigenvalue weighted by atomic mass is 10.1. The standard InChI is InChI=1S/C9H17BrO/c1-2-11-7-6-8-4-3-5-9(8)10/h8-9H,2-7H2,1H3. The highest BCUT2D eigenvalue weighted by Crippen LogP contribution is 2.33. The number of rotatable bonds is 4. The van der Waals surface area contributed by atoms with Gasteiger partial charge < -0.3 is 4.74 Å². The summed E-state index contributed by atoms with van der Waals surface area (Å²) in [6, 6.07) is 0. The van der Waals surface area contributed by atoms with Crippen molar-refractivity contribution in [3.8, 4) is 0 Å². The van der Waals surface area contributed by atoms with Gasteiger partial charge in [0.15, 0.2) is 0 Å². The molecular formula is C9H17BrO. The van der Waals surface area contributed by atoms with Crippen LogP contribution in [-0.2, 0) is 4.74 Å². The van der Waals surface area contributed by atoms with E-state index in [0.29, 0.717) is 0 Å². The van der Waals surface area contributed by atoms with Gasteiger partial charge in [0.05, 0.1) is 0 Å². The summed E-state index contributed by atoms with van der Waals surface area (Å²) in [7, 11) is 0. The van der Waals surface area contributed by atoms with Crippen molar-refractivity contribution in [2.75, 3.05) is 13.2 Å². The minimum atomic E-state index is 0.767. The molecule has 2 heteroatoms. The van der Waals surface area contributed by atoms with Crippen molar-refractivity contribution in [2.24, 2.45) is 5.92 Å². The molecule has 66 valence electrons. The molecule has 0 bridgehead atoms. The van der Waals surface area contributed by atoms with Crippen molar-refractivity contribution in [3.63, 3.8) is 0 Å². The molecule has 0 aliphatic heterocycles. The van der Waals surface area contributed by atoms with Gasteiger partial charge in [0.2, 0.25) is 0 Å². The molecule has 1 nitrogen and oxygen atoms in total. The summed E-state index contributed by atoms with van der Waals surface area (Å²) in [5.74, 6) is 0.876. The van der Waals surface area contributed by atoms with E-state index in [1.54, 1.807) is 0 Å². The van der Waals surface area contributed by atoms with E-state index >= 15 is 0 Å². The molecular weight excluding hydrogens is 204 g/mol. The first-order valence-electron chi connectivity index (χ1n) is 4.56. The Hall–Kier alpha value is 0.440. The molecule has 11 heavy (non-hydrogen) atoms. The van der Waals surface area contributed by atoms with Crippen LogP contribution in [0.4, 0.5) is 0 Å². The van der Waals surface area contributed by atoms with Crippen molar-refractivity contribution in [1.82, 2.24) is 0 Å². The Balaban J connectivity index is 2.05. The number of ether oxygens (including phenoxy) is 1. The Morgan fingerprint density at radius 3 is 2.82 bits per heavy atom. The fourth-order valence-electron chi connectivity index (χ4n) is 1.70. The molecule has 0 aromatic heterocycles. The van der Waals surface area contributed by atoms with E-state index in [4.69, 9.17) is 4.74 Å². The molecule has 1 saturated carbocycles. The number of hydrogen-bond acceptors (Lipinski definition) is 1. The minimum absolute atomic E-state index is 0.767. The first-order valence-corrected chi connectivity index (χ1v) is 5.48. The summed E-state index contributed by atoms with van der Waals surface area (Å²) in [5.41, 5.74) is 0. The van der Waals surface area contributed by atoms with Crippen molar-refractivity contribution in [3.05, 3.63) is 0 Å². The third kappa shape index (κ3) is 3.12. The third-order valence-electron chi connectivity index (χ3n) is 2.40. The summed E-state index contributed by atoms with van der Waals surface area (Å²) in [4.78, 5) is 0.767. The third-order valence-corrected chi connectivity index (χ3v) is 3.61. The monoisotopic (exact) mass is 220 g/mol. The average Bonchev–Trinajstić information content (AvgIpc) is 2.37. The maximum absolute atomic E-state index is 5.32. The van der Waals surface area contributed by atoms with E-state index < -0.39 is 0 Å². The Kier molecular flexibility index (Phi) is 4.46. The Morgan fingerprint density at radius 2 is 2.27 bits per heavy atom. The van der Waals surface area contributed by atoms with Crippen LogP contribution in [0.25, 0.3) is 0 Å². The highest BCUT2D eigenvalue weighted by molar-refractivity contribution is 9.09. The van der Waals surface area contributed by atoms with E-state index in [1.807, 2.05) is 0 Å². The fourth-order valence-corrected chi connectivity index (χ4v) is 2.55. The van der Waals surface area contributed by atoms with Crippen LogP contribution >= 0.6 is 15.9 Å². The second-order valence-electron chi connectivity index (χ2n) is 3.19. The average molecular weight is 221 g/mol. The first kappa shape index (κ1) is 9.53. The van der Waals surface area contributed by atoms with Gasteiger partial charge in [-0.3, -0.25) is 0 Å². The van der Waals surface area contributed by atoms with Crippen LogP contribution in [0.3, 0.4) is 0 Å². The predicted molar refractivity (Wildman–Crippen MR) is 51.2 cm³/mol. The predicted octanol–water partition coefficient (Wildman–Crippen LogP) is 2.98. The van der Waals surface area contributed by atoms with Gasteiger partial charge >= 0.3 is 0 Å². The fraction of sp³-hybridized carbons (Fsp3) is 1.00. The van der Waals surface area contributed by atoms with Crippen LogP contribution in [-0.4, -0.2) is 18.0 Å². The van der Waals surface area contributed by atoms with E-state index in [9.17, 15) is 0 Å². The normalized spacial score (nSPS) is 31.1. The van der Waals surface area contributed by atoms with Crippen molar-refractivity contribution in [2.45, 2.75) is 37.4 Å². The van der Waals surface area contributed by atoms with Gasteiger partial charge in [-0.2, -0.15) is 0 Å². The zero-order chi connectivity index (χ0) is 8.10. The lowest BCUT2D eigenvalue weighted by Crippen LogP contribution is -2.09. The molecule has 2 atom stereocenters. The molecule has 0 aromatic carbocycles. The van der Waals surface area contributed by atoms with E-state index in [0.717, 1.165) is 24.0 Å². The van der Waals surface area contributed by atoms with Gasteiger partial charge in [-0.15, -0.1) is 0 Å². The van der Waals surface area contributed by atoms with Gasteiger partial charge in [0, 0.05) is 18.0 Å². The minimum Gasteiger partial charge on any atom is -0.382 e. The van der Waals surface area contributed by atoms with Gasteiger partial charge in [-0.1, -0.05) is 22.4 Å². The van der Waals surface area contributed by atoms with E-state index in [-0.39, 0.29) is 0 Å². The molecule has 2 unspecified atom stereocenters. The number of halogens is 1. The molecule has 1 rings (SSSR count). The molecule has 1 fully saturated rings. The van der Waals surface area contributed by atoms with Crippen LogP contribution in [0.2, 0.25) is 0 Å². The Labute approximate surface area is 77.6 Å². The smallest absolute Gasteiger partial charge is 0.0468 e. The lowest BCUT2D eigenvalue weighted by Gasteiger charge is -2.12. The summed E-state index contributed by atoms with van der Waals surface area (Å²) in [5, 5.41) is 0. The molecule has 0 amide bonds. The van der Waals surface area contributed by atoms with Gasteiger partial charge in [-0.25, -0.2) is 0 Å². The highest BCUT2D eigenvalue weighted by atomic mass is 79.9. The van der Waals surface area contributed by atoms with E-state index in [2.05, 4.69) is 22.9 Å². The molecule has 0 aromatic rings. The zero-order valence-electron chi connectivity index (χ0n) is 7.18.